The Hall–Kier alpha value is -1.94. The minimum Gasteiger partial charge on any atom is -0.323 e. The first kappa shape index (κ1) is 11.2. The standard InChI is InChI=1S/C14H15N3O/c15-14(7-3-8-14)13(18)17-11-6-1-4-10-5-2-9-16-12(10)11/h1-2,4-6,9H,3,7-8,15H2,(H,17,18). The molecule has 3 N–H and O–H groups in total. The highest BCUT2D eigenvalue weighted by molar-refractivity contribution is 6.04. The Morgan fingerprint density at radius 2 is 2.06 bits per heavy atom. The molecule has 1 aromatic carbocycles. The molecule has 3 rings (SSSR count). The van der Waals surface area contributed by atoms with Gasteiger partial charge in [-0.05, 0) is 31.4 Å². The summed E-state index contributed by atoms with van der Waals surface area (Å²) in [7, 11) is 0. The number of rotatable bonds is 2. The first-order valence-electron chi connectivity index (χ1n) is 6.13. The number of aromatic nitrogens is 1. The van der Waals surface area contributed by atoms with Crippen LogP contribution in [0.1, 0.15) is 19.3 Å². The summed E-state index contributed by atoms with van der Waals surface area (Å²) in [6.45, 7) is 0. The van der Waals surface area contributed by atoms with Crippen molar-refractivity contribution in [3.8, 4) is 0 Å². The van der Waals surface area contributed by atoms with Crippen molar-refractivity contribution in [2.75, 3.05) is 5.32 Å². The maximum Gasteiger partial charge on any atom is 0.244 e. The second-order valence-electron chi connectivity index (χ2n) is 4.84. The summed E-state index contributed by atoms with van der Waals surface area (Å²) in [6, 6.07) is 9.59. The normalized spacial score (nSPS) is 17.2. The second kappa shape index (κ2) is 4.07. The highest BCUT2D eigenvalue weighted by Crippen LogP contribution is 2.31. The molecular weight excluding hydrogens is 226 g/mol. The van der Waals surface area contributed by atoms with Crippen molar-refractivity contribution in [3.05, 3.63) is 36.5 Å². The number of nitrogens with one attached hydrogen (secondary N) is 1. The van der Waals surface area contributed by atoms with Crippen molar-refractivity contribution in [2.24, 2.45) is 5.73 Å². The van der Waals surface area contributed by atoms with Gasteiger partial charge in [-0.15, -0.1) is 0 Å². The number of carbonyl (C=O) groups excluding carboxylic acids is 1. The zero-order valence-corrected chi connectivity index (χ0v) is 10.0. The molecule has 0 bridgehead atoms. The summed E-state index contributed by atoms with van der Waals surface area (Å²) in [5, 5.41) is 3.91. The molecular formula is C14H15N3O. The van der Waals surface area contributed by atoms with Gasteiger partial charge >= 0.3 is 0 Å². The molecule has 4 heteroatoms. The Balaban J connectivity index is 1.93. The van der Waals surface area contributed by atoms with E-state index in [9.17, 15) is 4.79 Å². The van der Waals surface area contributed by atoms with Crippen LogP contribution < -0.4 is 11.1 Å². The van der Waals surface area contributed by atoms with Crippen LogP contribution in [0.15, 0.2) is 36.5 Å². The number of para-hydroxylation sites is 1. The molecule has 1 saturated carbocycles. The van der Waals surface area contributed by atoms with E-state index in [1.54, 1.807) is 6.20 Å². The molecule has 1 aliphatic rings. The average molecular weight is 241 g/mol. The predicted molar refractivity (Wildman–Crippen MR) is 71.1 cm³/mol. The number of hydrogen-bond donors (Lipinski definition) is 2. The van der Waals surface area contributed by atoms with Gasteiger partial charge < -0.3 is 11.1 Å². The van der Waals surface area contributed by atoms with E-state index in [1.165, 1.54) is 0 Å². The molecule has 1 heterocycles. The largest absolute Gasteiger partial charge is 0.323 e. The lowest BCUT2D eigenvalue weighted by molar-refractivity contribution is -0.123. The van der Waals surface area contributed by atoms with Gasteiger partial charge in [-0.2, -0.15) is 0 Å². The van der Waals surface area contributed by atoms with Gasteiger partial charge in [0.2, 0.25) is 5.91 Å². The third kappa shape index (κ3) is 1.75. The van der Waals surface area contributed by atoms with Gasteiger partial charge in [-0.3, -0.25) is 9.78 Å². The lowest BCUT2D eigenvalue weighted by Crippen LogP contribution is -2.56. The summed E-state index contributed by atoms with van der Waals surface area (Å²) in [4.78, 5) is 16.4. The number of pyridine rings is 1. The van der Waals surface area contributed by atoms with Crippen molar-refractivity contribution < 1.29 is 4.79 Å². The highest BCUT2D eigenvalue weighted by atomic mass is 16.2. The molecule has 1 fully saturated rings. The van der Waals surface area contributed by atoms with E-state index in [2.05, 4.69) is 10.3 Å². The van der Waals surface area contributed by atoms with Gasteiger partial charge in [0.15, 0.2) is 0 Å². The number of anilines is 1. The Labute approximate surface area is 105 Å². The second-order valence-corrected chi connectivity index (χ2v) is 4.84. The number of nitrogens with two attached hydrogens (primary N) is 1. The maximum atomic E-state index is 12.1. The first-order valence-corrected chi connectivity index (χ1v) is 6.13. The van der Waals surface area contributed by atoms with Crippen molar-refractivity contribution >= 4 is 22.5 Å². The smallest absolute Gasteiger partial charge is 0.244 e. The van der Waals surface area contributed by atoms with Crippen LogP contribution >= 0.6 is 0 Å². The summed E-state index contributed by atoms with van der Waals surface area (Å²) in [6.07, 6.45) is 4.27. The number of benzene rings is 1. The SMILES string of the molecule is NC1(C(=O)Nc2cccc3cccnc23)CCC1. The molecule has 0 spiro atoms. The minimum atomic E-state index is -0.684. The number of fused-ring (bicyclic) bond motifs is 1. The molecule has 0 unspecified atom stereocenters. The Kier molecular flexibility index (Phi) is 2.52. The van der Waals surface area contributed by atoms with Crippen molar-refractivity contribution in [3.63, 3.8) is 0 Å². The van der Waals surface area contributed by atoms with E-state index in [1.807, 2.05) is 30.3 Å². The van der Waals surface area contributed by atoms with E-state index < -0.39 is 5.54 Å². The quantitative estimate of drug-likeness (QED) is 0.845. The van der Waals surface area contributed by atoms with Crippen molar-refractivity contribution in [2.45, 2.75) is 24.8 Å². The van der Waals surface area contributed by atoms with E-state index in [0.29, 0.717) is 0 Å². The van der Waals surface area contributed by atoms with Crippen LogP contribution in [-0.4, -0.2) is 16.4 Å². The van der Waals surface area contributed by atoms with Crippen LogP contribution in [0.2, 0.25) is 0 Å². The predicted octanol–water partition coefficient (Wildman–Crippen LogP) is 2.05. The topological polar surface area (TPSA) is 68.0 Å². The fourth-order valence-corrected chi connectivity index (χ4v) is 2.24. The third-order valence-corrected chi connectivity index (χ3v) is 3.58. The molecule has 2 aromatic rings. The monoisotopic (exact) mass is 241 g/mol. The fourth-order valence-electron chi connectivity index (χ4n) is 2.24. The molecule has 92 valence electrons. The maximum absolute atomic E-state index is 12.1. The van der Waals surface area contributed by atoms with Crippen molar-refractivity contribution in [1.82, 2.24) is 4.98 Å². The molecule has 0 aliphatic heterocycles. The number of carbonyl (C=O) groups is 1. The molecule has 0 atom stereocenters. The molecule has 1 amide bonds. The highest BCUT2D eigenvalue weighted by Gasteiger charge is 2.40. The molecule has 4 nitrogen and oxygen atoms in total. The van der Waals surface area contributed by atoms with Gasteiger partial charge in [0.25, 0.3) is 0 Å². The Morgan fingerprint density at radius 3 is 2.78 bits per heavy atom. The Morgan fingerprint density at radius 1 is 1.28 bits per heavy atom. The summed E-state index contributed by atoms with van der Waals surface area (Å²) in [5.41, 5.74) is 6.86. The Bertz CT molecular complexity index is 600. The van der Waals surface area contributed by atoms with E-state index in [4.69, 9.17) is 5.73 Å². The first-order chi connectivity index (χ1) is 8.69. The van der Waals surface area contributed by atoms with Crippen molar-refractivity contribution in [1.29, 1.82) is 0 Å². The van der Waals surface area contributed by atoms with Gasteiger partial charge in [-0.25, -0.2) is 0 Å². The number of amides is 1. The van der Waals surface area contributed by atoms with Gasteiger partial charge in [0.05, 0.1) is 16.7 Å². The van der Waals surface area contributed by atoms with Crippen LogP contribution in [-0.2, 0) is 4.79 Å². The molecule has 0 radical (unpaired) electrons. The molecule has 18 heavy (non-hydrogen) atoms. The fraction of sp³-hybridized carbons (Fsp3) is 0.286. The molecule has 0 saturated heterocycles. The number of hydrogen-bond acceptors (Lipinski definition) is 3. The minimum absolute atomic E-state index is 0.105. The van der Waals surface area contributed by atoms with Gasteiger partial charge in [0, 0.05) is 11.6 Å². The van der Waals surface area contributed by atoms with Crippen LogP contribution in [0, 0.1) is 0 Å². The zero-order valence-electron chi connectivity index (χ0n) is 10.0. The van der Waals surface area contributed by atoms with Gasteiger partial charge in [-0.1, -0.05) is 18.2 Å². The summed E-state index contributed by atoms with van der Waals surface area (Å²) >= 11 is 0. The summed E-state index contributed by atoms with van der Waals surface area (Å²) < 4.78 is 0. The molecule has 1 aromatic heterocycles. The molecule has 1 aliphatic carbocycles. The summed E-state index contributed by atoms with van der Waals surface area (Å²) in [5.74, 6) is -0.105. The zero-order chi connectivity index (χ0) is 12.6. The van der Waals surface area contributed by atoms with E-state index in [-0.39, 0.29) is 5.91 Å². The van der Waals surface area contributed by atoms with Gasteiger partial charge in [0.1, 0.15) is 0 Å². The van der Waals surface area contributed by atoms with E-state index >= 15 is 0 Å². The third-order valence-electron chi connectivity index (χ3n) is 3.58. The van der Waals surface area contributed by atoms with Crippen LogP contribution in [0.5, 0.6) is 0 Å². The average Bonchev–Trinajstić information content (AvgIpc) is 2.36. The number of nitrogens with zero attached hydrogens (tertiary/aromatic N) is 1. The lowest BCUT2D eigenvalue weighted by atomic mass is 9.77. The van der Waals surface area contributed by atoms with Crippen LogP contribution in [0.25, 0.3) is 10.9 Å². The van der Waals surface area contributed by atoms with E-state index in [0.717, 1.165) is 35.9 Å². The van der Waals surface area contributed by atoms with Crippen LogP contribution in [0.3, 0.4) is 0 Å². The van der Waals surface area contributed by atoms with Crippen LogP contribution in [0.4, 0.5) is 5.69 Å². The lowest BCUT2D eigenvalue weighted by Gasteiger charge is -2.36.